The maximum Gasteiger partial charge on any atom is 0.269 e. The summed E-state index contributed by atoms with van der Waals surface area (Å²) in [6, 6.07) is 11.7. The number of anilines is 1. The summed E-state index contributed by atoms with van der Waals surface area (Å²) in [6.45, 7) is 1.93. The highest BCUT2D eigenvalue weighted by Crippen LogP contribution is 2.20. The number of carbonyl (C=O) groups excluding carboxylic acids is 1. The van der Waals surface area contributed by atoms with E-state index in [2.05, 4.69) is 5.32 Å². The zero-order chi connectivity index (χ0) is 15.4. The van der Waals surface area contributed by atoms with Gasteiger partial charge in [-0.05, 0) is 24.6 Å². The van der Waals surface area contributed by atoms with E-state index in [-0.39, 0.29) is 17.9 Å². The Morgan fingerprint density at radius 2 is 1.86 bits per heavy atom. The third-order valence-electron chi connectivity index (χ3n) is 3.26. The van der Waals surface area contributed by atoms with E-state index in [0.29, 0.717) is 5.56 Å². The quantitative estimate of drug-likeness (QED) is 0.519. The van der Waals surface area contributed by atoms with E-state index in [0.717, 1.165) is 16.8 Å². The van der Waals surface area contributed by atoms with Crippen molar-refractivity contribution in [1.29, 1.82) is 0 Å². The number of nitro groups is 1. The molecule has 108 valence electrons. The number of carbonyl (C=O) groups is 1. The van der Waals surface area contributed by atoms with Gasteiger partial charge < -0.3 is 5.32 Å². The maximum absolute atomic E-state index is 12.4. The molecule has 0 atom stereocenters. The Bertz CT molecular complexity index is 678. The molecule has 5 heteroatoms. The summed E-state index contributed by atoms with van der Waals surface area (Å²) in [4.78, 5) is 22.5. The van der Waals surface area contributed by atoms with Crippen LogP contribution >= 0.6 is 0 Å². The number of Topliss-reactive ketones (excluding diaryl/α,β-unsaturated/α-hetero) is 1. The average molecular weight is 284 g/mol. The average Bonchev–Trinajstić information content (AvgIpc) is 2.47. The Balaban J connectivity index is 2.21. The lowest BCUT2D eigenvalue weighted by Gasteiger charge is -2.09. The Morgan fingerprint density at radius 3 is 2.43 bits per heavy atom. The first-order chi connectivity index (χ1) is 10.0. The highest BCUT2D eigenvalue weighted by atomic mass is 16.6. The van der Waals surface area contributed by atoms with Crippen LogP contribution in [0, 0.1) is 17.0 Å². The normalized spacial score (nSPS) is 10.2. The number of hydrogen-bond donors (Lipinski definition) is 1. The number of nitro benzene ring substituents is 1. The molecule has 5 nitrogen and oxygen atoms in total. The summed E-state index contributed by atoms with van der Waals surface area (Å²) < 4.78 is 0. The lowest BCUT2D eigenvalue weighted by Crippen LogP contribution is -2.07. The van der Waals surface area contributed by atoms with Gasteiger partial charge in [0.05, 0.1) is 4.92 Å². The number of benzene rings is 2. The third kappa shape index (κ3) is 3.45. The number of aryl methyl sites for hydroxylation is 1. The van der Waals surface area contributed by atoms with Gasteiger partial charge in [0.25, 0.3) is 5.69 Å². The minimum atomic E-state index is -0.453. The van der Waals surface area contributed by atoms with Crippen LogP contribution in [-0.2, 0) is 6.42 Å². The van der Waals surface area contributed by atoms with Crippen LogP contribution in [0.5, 0.6) is 0 Å². The van der Waals surface area contributed by atoms with Gasteiger partial charge in [-0.1, -0.05) is 23.8 Å². The smallest absolute Gasteiger partial charge is 0.269 e. The monoisotopic (exact) mass is 284 g/mol. The lowest BCUT2D eigenvalue weighted by molar-refractivity contribution is -0.384. The van der Waals surface area contributed by atoms with Crippen molar-refractivity contribution in [2.45, 2.75) is 13.3 Å². The van der Waals surface area contributed by atoms with Crippen LogP contribution in [-0.4, -0.2) is 17.8 Å². The Hall–Kier alpha value is -2.69. The fourth-order valence-corrected chi connectivity index (χ4v) is 2.12. The molecule has 0 fully saturated rings. The van der Waals surface area contributed by atoms with Gasteiger partial charge in [-0.3, -0.25) is 14.9 Å². The fourth-order valence-electron chi connectivity index (χ4n) is 2.12. The SMILES string of the molecule is CNc1ccc(C)cc1C(=O)Cc1ccc([N+](=O)[O-])cc1. The summed E-state index contributed by atoms with van der Waals surface area (Å²) in [6.07, 6.45) is 0.218. The predicted molar refractivity (Wildman–Crippen MR) is 81.9 cm³/mol. The zero-order valence-corrected chi connectivity index (χ0v) is 11.9. The van der Waals surface area contributed by atoms with Crippen LogP contribution in [0.25, 0.3) is 0 Å². The number of rotatable bonds is 5. The van der Waals surface area contributed by atoms with Gasteiger partial charge in [-0.2, -0.15) is 0 Å². The maximum atomic E-state index is 12.4. The van der Waals surface area contributed by atoms with Crippen LogP contribution in [0.1, 0.15) is 21.5 Å². The molecule has 2 rings (SSSR count). The summed E-state index contributed by atoms with van der Waals surface area (Å²) in [5.41, 5.74) is 3.22. The molecule has 0 radical (unpaired) electrons. The van der Waals surface area contributed by atoms with E-state index >= 15 is 0 Å². The van der Waals surface area contributed by atoms with Gasteiger partial charge in [-0.15, -0.1) is 0 Å². The number of nitrogens with one attached hydrogen (secondary N) is 1. The molecule has 0 saturated carbocycles. The van der Waals surface area contributed by atoms with Gasteiger partial charge in [0.15, 0.2) is 5.78 Å². The van der Waals surface area contributed by atoms with Gasteiger partial charge in [-0.25, -0.2) is 0 Å². The van der Waals surface area contributed by atoms with Crippen molar-refractivity contribution in [3.05, 3.63) is 69.3 Å². The van der Waals surface area contributed by atoms with E-state index in [1.54, 1.807) is 19.2 Å². The summed E-state index contributed by atoms with van der Waals surface area (Å²) in [5.74, 6) is -0.0168. The molecule has 0 spiro atoms. The minimum absolute atomic E-state index is 0.0168. The predicted octanol–water partition coefficient (Wildman–Crippen LogP) is 3.37. The van der Waals surface area contributed by atoms with Gasteiger partial charge in [0.2, 0.25) is 0 Å². The van der Waals surface area contributed by atoms with Crippen molar-refractivity contribution >= 4 is 17.2 Å². The molecular weight excluding hydrogens is 268 g/mol. The summed E-state index contributed by atoms with van der Waals surface area (Å²) in [5, 5.41) is 13.6. The molecule has 2 aromatic rings. The van der Waals surface area contributed by atoms with Crippen molar-refractivity contribution in [3.8, 4) is 0 Å². The largest absolute Gasteiger partial charge is 0.388 e. The first kappa shape index (κ1) is 14.7. The topological polar surface area (TPSA) is 72.2 Å². The number of nitrogens with zero attached hydrogens (tertiary/aromatic N) is 1. The van der Waals surface area contributed by atoms with Crippen molar-refractivity contribution in [3.63, 3.8) is 0 Å². The van der Waals surface area contributed by atoms with E-state index in [1.807, 2.05) is 25.1 Å². The Morgan fingerprint density at radius 1 is 1.19 bits per heavy atom. The molecule has 0 aromatic heterocycles. The number of hydrogen-bond acceptors (Lipinski definition) is 4. The second kappa shape index (κ2) is 6.17. The van der Waals surface area contributed by atoms with Crippen molar-refractivity contribution < 1.29 is 9.72 Å². The van der Waals surface area contributed by atoms with Crippen molar-refractivity contribution in [2.75, 3.05) is 12.4 Å². The third-order valence-corrected chi connectivity index (χ3v) is 3.26. The van der Waals surface area contributed by atoms with E-state index < -0.39 is 4.92 Å². The molecule has 0 aliphatic carbocycles. The first-order valence-electron chi connectivity index (χ1n) is 6.56. The molecule has 0 unspecified atom stereocenters. The molecule has 2 aromatic carbocycles. The molecule has 1 N–H and O–H groups in total. The van der Waals surface area contributed by atoms with Gasteiger partial charge >= 0.3 is 0 Å². The minimum Gasteiger partial charge on any atom is -0.388 e. The first-order valence-corrected chi connectivity index (χ1v) is 6.56. The van der Waals surface area contributed by atoms with Gasteiger partial charge in [0, 0.05) is 36.9 Å². The molecule has 0 saturated heterocycles. The van der Waals surface area contributed by atoms with E-state index in [4.69, 9.17) is 0 Å². The molecule has 21 heavy (non-hydrogen) atoms. The van der Waals surface area contributed by atoms with Crippen LogP contribution in [0.15, 0.2) is 42.5 Å². The van der Waals surface area contributed by atoms with Crippen molar-refractivity contribution in [2.24, 2.45) is 0 Å². The molecule has 0 aliphatic heterocycles. The second-order valence-corrected chi connectivity index (χ2v) is 4.82. The molecule has 0 amide bonds. The Kier molecular flexibility index (Phi) is 4.33. The Labute approximate surface area is 122 Å². The van der Waals surface area contributed by atoms with Crippen molar-refractivity contribution in [1.82, 2.24) is 0 Å². The van der Waals surface area contributed by atoms with Gasteiger partial charge in [0.1, 0.15) is 0 Å². The second-order valence-electron chi connectivity index (χ2n) is 4.82. The fraction of sp³-hybridized carbons (Fsp3) is 0.188. The molecule has 0 bridgehead atoms. The van der Waals surface area contributed by atoms with Crippen LogP contribution in [0.2, 0.25) is 0 Å². The number of ketones is 1. The van der Waals surface area contributed by atoms with Crippen LogP contribution in [0.4, 0.5) is 11.4 Å². The van der Waals surface area contributed by atoms with Crippen LogP contribution < -0.4 is 5.32 Å². The standard InChI is InChI=1S/C16H16N2O3/c1-11-3-8-15(17-2)14(9-11)16(19)10-12-4-6-13(7-5-12)18(20)21/h3-9,17H,10H2,1-2H3. The molecule has 0 aliphatic rings. The number of non-ortho nitro benzene ring substituents is 1. The molecule has 0 heterocycles. The lowest BCUT2D eigenvalue weighted by atomic mass is 9.99. The summed E-state index contributed by atoms with van der Waals surface area (Å²) in [7, 11) is 1.77. The van der Waals surface area contributed by atoms with Crippen LogP contribution in [0.3, 0.4) is 0 Å². The zero-order valence-electron chi connectivity index (χ0n) is 11.9. The molecular formula is C16H16N2O3. The summed E-state index contributed by atoms with van der Waals surface area (Å²) >= 11 is 0. The van der Waals surface area contributed by atoms with E-state index in [1.165, 1.54) is 12.1 Å². The highest BCUT2D eigenvalue weighted by molar-refractivity contribution is 6.02. The van der Waals surface area contributed by atoms with E-state index in [9.17, 15) is 14.9 Å². The highest BCUT2D eigenvalue weighted by Gasteiger charge is 2.13.